The summed E-state index contributed by atoms with van der Waals surface area (Å²) in [5.74, 6) is 0.169. The van der Waals surface area contributed by atoms with E-state index in [2.05, 4.69) is 26.2 Å². The molecular formula is C16H16BrN3O3. The number of aliphatic imine (C=N–C) groups is 1. The minimum Gasteiger partial charge on any atom is -0.506 e. The van der Waals surface area contributed by atoms with Crippen LogP contribution < -0.4 is 5.32 Å². The highest BCUT2D eigenvalue weighted by molar-refractivity contribution is 9.10. The fraction of sp³-hybridized carbons (Fsp3) is 0.188. The number of nitro groups is 1. The highest BCUT2D eigenvalue weighted by Crippen LogP contribution is 2.28. The zero-order valence-electron chi connectivity index (χ0n) is 12.5. The number of hydrogen-bond donors (Lipinski definition) is 2. The van der Waals surface area contributed by atoms with Crippen molar-refractivity contribution in [3.63, 3.8) is 0 Å². The average molecular weight is 378 g/mol. The second kappa shape index (κ2) is 7.73. The summed E-state index contributed by atoms with van der Waals surface area (Å²) in [7, 11) is 0. The van der Waals surface area contributed by atoms with Crippen molar-refractivity contribution in [2.75, 3.05) is 18.4 Å². The maximum atomic E-state index is 10.6. The summed E-state index contributed by atoms with van der Waals surface area (Å²) in [6.07, 6.45) is 1.63. The van der Waals surface area contributed by atoms with E-state index in [-0.39, 0.29) is 11.4 Å². The van der Waals surface area contributed by atoms with Crippen LogP contribution in [-0.2, 0) is 0 Å². The fourth-order valence-corrected chi connectivity index (χ4v) is 2.58. The third-order valence-electron chi connectivity index (χ3n) is 3.12. The molecule has 0 radical (unpaired) electrons. The predicted octanol–water partition coefficient (Wildman–Crippen LogP) is 3.90. The van der Waals surface area contributed by atoms with Crippen LogP contribution in [0.5, 0.6) is 5.75 Å². The highest BCUT2D eigenvalue weighted by atomic mass is 79.9. The van der Waals surface area contributed by atoms with Crippen LogP contribution in [-0.4, -0.2) is 29.3 Å². The van der Waals surface area contributed by atoms with Gasteiger partial charge in [0.25, 0.3) is 5.69 Å². The normalized spacial score (nSPS) is 10.9. The number of nitrogens with one attached hydrogen (secondary N) is 1. The van der Waals surface area contributed by atoms with Crippen molar-refractivity contribution >= 4 is 33.5 Å². The lowest BCUT2D eigenvalue weighted by Gasteiger charge is -2.05. The molecule has 7 heteroatoms. The Balaban J connectivity index is 1.87. The van der Waals surface area contributed by atoms with Gasteiger partial charge in [-0.25, -0.2) is 0 Å². The lowest BCUT2D eigenvalue weighted by molar-refractivity contribution is -0.384. The number of aryl methyl sites for hydroxylation is 1. The highest BCUT2D eigenvalue weighted by Gasteiger charge is 2.04. The zero-order valence-corrected chi connectivity index (χ0v) is 14.1. The largest absolute Gasteiger partial charge is 0.506 e. The van der Waals surface area contributed by atoms with E-state index >= 15 is 0 Å². The first kappa shape index (κ1) is 17.0. The number of rotatable bonds is 6. The van der Waals surface area contributed by atoms with Gasteiger partial charge in [0.2, 0.25) is 0 Å². The Morgan fingerprint density at radius 2 is 2.04 bits per heavy atom. The summed E-state index contributed by atoms with van der Waals surface area (Å²) in [6, 6.07) is 9.91. The molecule has 23 heavy (non-hydrogen) atoms. The van der Waals surface area contributed by atoms with E-state index in [0.717, 1.165) is 11.3 Å². The third kappa shape index (κ3) is 4.79. The molecule has 6 nitrogen and oxygen atoms in total. The van der Waals surface area contributed by atoms with E-state index in [1.54, 1.807) is 18.3 Å². The van der Waals surface area contributed by atoms with E-state index in [9.17, 15) is 15.2 Å². The van der Waals surface area contributed by atoms with Crippen LogP contribution in [0.1, 0.15) is 11.1 Å². The predicted molar refractivity (Wildman–Crippen MR) is 94.6 cm³/mol. The molecule has 0 saturated carbocycles. The van der Waals surface area contributed by atoms with Crippen molar-refractivity contribution in [2.24, 2.45) is 4.99 Å². The number of nitro benzene ring substituents is 1. The number of benzene rings is 2. The first-order chi connectivity index (χ1) is 11.0. The Bertz CT molecular complexity index is 730. The molecule has 0 atom stereocenters. The zero-order chi connectivity index (χ0) is 16.8. The molecule has 0 bridgehead atoms. The number of halogens is 1. The minimum absolute atomic E-state index is 0.0640. The summed E-state index contributed by atoms with van der Waals surface area (Å²) >= 11 is 3.29. The minimum atomic E-state index is -0.430. The first-order valence-electron chi connectivity index (χ1n) is 6.94. The number of nitrogens with zero attached hydrogens (tertiary/aromatic N) is 2. The fourth-order valence-electron chi connectivity index (χ4n) is 1.99. The van der Waals surface area contributed by atoms with Gasteiger partial charge in [-0.2, -0.15) is 0 Å². The summed E-state index contributed by atoms with van der Waals surface area (Å²) in [4.78, 5) is 14.4. The molecule has 120 valence electrons. The van der Waals surface area contributed by atoms with Crippen molar-refractivity contribution in [3.05, 3.63) is 62.1 Å². The molecule has 2 N–H and O–H groups in total. The molecule has 0 aliphatic heterocycles. The van der Waals surface area contributed by atoms with Gasteiger partial charge >= 0.3 is 0 Å². The van der Waals surface area contributed by atoms with Crippen molar-refractivity contribution < 1.29 is 10.0 Å². The smallest absolute Gasteiger partial charge is 0.269 e. The summed E-state index contributed by atoms with van der Waals surface area (Å²) in [5, 5.41) is 23.6. The summed E-state index contributed by atoms with van der Waals surface area (Å²) in [5.41, 5.74) is 2.55. The van der Waals surface area contributed by atoms with Gasteiger partial charge < -0.3 is 10.4 Å². The van der Waals surface area contributed by atoms with Crippen molar-refractivity contribution in [3.8, 4) is 5.75 Å². The second-order valence-electron chi connectivity index (χ2n) is 4.95. The molecule has 0 aromatic heterocycles. The van der Waals surface area contributed by atoms with Gasteiger partial charge in [-0.1, -0.05) is 0 Å². The van der Waals surface area contributed by atoms with Crippen molar-refractivity contribution in [2.45, 2.75) is 6.92 Å². The molecule has 2 aromatic carbocycles. The number of anilines is 1. The molecule has 2 rings (SSSR count). The maximum Gasteiger partial charge on any atom is 0.269 e. The molecule has 0 fully saturated rings. The van der Waals surface area contributed by atoms with Gasteiger partial charge in [0.15, 0.2) is 0 Å². The maximum absolute atomic E-state index is 10.6. The number of non-ortho nitro benzene ring substituents is 1. The number of phenolic OH excluding ortho intramolecular Hbond substituents is 1. The number of hydrogen-bond acceptors (Lipinski definition) is 5. The van der Waals surface area contributed by atoms with Crippen LogP contribution in [0.4, 0.5) is 11.4 Å². The van der Waals surface area contributed by atoms with E-state index in [0.29, 0.717) is 23.1 Å². The van der Waals surface area contributed by atoms with Gasteiger partial charge in [0.05, 0.1) is 15.9 Å². The van der Waals surface area contributed by atoms with Crippen LogP contribution in [0, 0.1) is 17.0 Å². The van der Waals surface area contributed by atoms with Gasteiger partial charge in [-0.05, 0) is 52.7 Å². The van der Waals surface area contributed by atoms with Crippen molar-refractivity contribution in [1.29, 1.82) is 0 Å². The van der Waals surface area contributed by atoms with Crippen LogP contribution in [0.25, 0.3) is 0 Å². The van der Waals surface area contributed by atoms with E-state index < -0.39 is 4.92 Å². The second-order valence-corrected chi connectivity index (χ2v) is 5.80. The van der Waals surface area contributed by atoms with Gasteiger partial charge in [0.1, 0.15) is 5.75 Å². The molecule has 0 aliphatic rings. The molecule has 0 unspecified atom stereocenters. The SMILES string of the molecule is Cc1cc(Br)c(O)c(C=NCCNc2ccc([N+](=O)[O-])cc2)c1. The van der Waals surface area contributed by atoms with Crippen molar-refractivity contribution in [1.82, 2.24) is 0 Å². The van der Waals surface area contributed by atoms with Crippen LogP contribution in [0.15, 0.2) is 45.9 Å². The number of phenols is 1. The topological polar surface area (TPSA) is 87.8 Å². The average Bonchev–Trinajstić information content (AvgIpc) is 2.52. The Morgan fingerprint density at radius 3 is 2.70 bits per heavy atom. The molecule has 0 saturated heterocycles. The Morgan fingerprint density at radius 1 is 1.35 bits per heavy atom. The van der Waals surface area contributed by atoms with Crippen LogP contribution in [0.3, 0.4) is 0 Å². The quantitative estimate of drug-likeness (QED) is 0.345. The molecule has 0 heterocycles. The number of aromatic hydroxyl groups is 1. The molecule has 0 amide bonds. The Kier molecular flexibility index (Phi) is 5.70. The van der Waals surface area contributed by atoms with E-state index in [1.165, 1.54) is 12.1 Å². The standard InChI is InChI=1S/C16H16BrN3O3/c1-11-8-12(16(21)15(17)9-11)10-18-6-7-19-13-2-4-14(5-3-13)20(22)23/h2-5,8-10,19,21H,6-7H2,1H3. The Labute approximate surface area is 142 Å². The van der Waals surface area contributed by atoms with Crippen LogP contribution in [0.2, 0.25) is 0 Å². The van der Waals surface area contributed by atoms with Gasteiger partial charge in [-0.15, -0.1) is 0 Å². The summed E-state index contributed by atoms with van der Waals surface area (Å²) in [6.45, 7) is 3.04. The Hall–Kier alpha value is -2.41. The molecule has 0 aliphatic carbocycles. The van der Waals surface area contributed by atoms with E-state index in [4.69, 9.17) is 0 Å². The first-order valence-corrected chi connectivity index (χ1v) is 7.74. The lowest BCUT2D eigenvalue weighted by atomic mass is 10.1. The van der Waals surface area contributed by atoms with Crippen LogP contribution >= 0.6 is 15.9 Å². The molecule has 2 aromatic rings. The van der Waals surface area contributed by atoms with Gasteiger partial charge in [-0.3, -0.25) is 15.1 Å². The van der Waals surface area contributed by atoms with E-state index in [1.807, 2.05) is 19.1 Å². The van der Waals surface area contributed by atoms with Gasteiger partial charge in [0, 0.05) is 36.1 Å². The third-order valence-corrected chi connectivity index (χ3v) is 3.72. The summed E-state index contributed by atoms with van der Waals surface area (Å²) < 4.78 is 0.642. The monoisotopic (exact) mass is 377 g/mol. The lowest BCUT2D eigenvalue weighted by Crippen LogP contribution is -2.05. The molecule has 0 spiro atoms. The molecular weight excluding hydrogens is 362 g/mol.